The number of amides is 1. The molecule has 0 aromatic carbocycles. The van der Waals surface area contributed by atoms with Crippen molar-refractivity contribution in [3.63, 3.8) is 0 Å². The minimum atomic E-state index is 0.100. The summed E-state index contributed by atoms with van der Waals surface area (Å²) < 4.78 is 0. The van der Waals surface area contributed by atoms with Crippen LogP contribution in [0.15, 0.2) is 0 Å². The van der Waals surface area contributed by atoms with E-state index in [0.717, 1.165) is 25.4 Å². The lowest BCUT2D eigenvalue weighted by Crippen LogP contribution is -2.33. The Kier molecular flexibility index (Phi) is 5.09. The van der Waals surface area contributed by atoms with Crippen LogP contribution in [0.2, 0.25) is 0 Å². The molecule has 1 unspecified atom stereocenters. The van der Waals surface area contributed by atoms with Crippen molar-refractivity contribution >= 4 is 5.91 Å². The van der Waals surface area contributed by atoms with Gasteiger partial charge in [-0.2, -0.15) is 0 Å². The van der Waals surface area contributed by atoms with E-state index in [-0.39, 0.29) is 11.8 Å². The van der Waals surface area contributed by atoms with Crippen molar-refractivity contribution in [2.45, 2.75) is 46.1 Å². The van der Waals surface area contributed by atoms with Crippen LogP contribution in [0.4, 0.5) is 0 Å². The first-order valence-electron chi connectivity index (χ1n) is 6.12. The van der Waals surface area contributed by atoms with Crippen molar-refractivity contribution in [1.82, 2.24) is 10.6 Å². The number of hydrogen-bond donors (Lipinski definition) is 2. The Balaban J connectivity index is 1.90. The van der Waals surface area contributed by atoms with Crippen LogP contribution in [-0.2, 0) is 4.79 Å². The third-order valence-corrected chi connectivity index (χ3v) is 2.97. The Morgan fingerprint density at radius 2 is 1.93 bits per heavy atom. The van der Waals surface area contributed by atoms with E-state index in [1.807, 2.05) is 13.8 Å². The van der Waals surface area contributed by atoms with E-state index in [0.29, 0.717) is 6.04 Å². The van der Waals surface area contributed by atoms with Gasteiger partial charge in [-0.1, -0.05) is 13.8 Å². The fraction of sp³-hybridized carbons (Fsp3) is 0.917. The third kappa shape index (κ3) is 5.17. The monoisotopic (exact) mass is 212 g/mol. The predicted molar refractivity (Wildman–Crippen MR) is 62.7 cm³/mol. The van der Waals surface area contributed by atoms with Crippen LogP contribution in [0.5, 0.6) is 0 Å². The molecule has 0 aromatic heterocycles. The lowest BCUT2D eigenvalue weighted by atomic mass is 10.2. The SMILES string of the molecule is CC(C)C(=O)NCCCNC(C)C1CC1. The normalized spacial score (nSPS) is 17.9. The Morgan fingerprint density at radius 1 is 1.27 bits per heavy atom. The molecule has 1 saturated carbocycles. The standard InChI is InChI=1S/C12H24N2O/c1-9(2)12(15)14-8-4-7-13-10(3)11-5-6-11/h9-11,13H,4-8H2,1-3H3,(H,14,15). The molecule has 0 heterocycles. The Morgan fingerprint density at radius 3 is 2.47 bits per heavy atom. The summed E-state index contributed by atoms with van der Waals surface area (Å²) in [5, 5.41) is 6.42. The van der Waals surface area contributed by atoms with Crippen LogP contribution < -0.4 is 10.6 Å². The number of carbonyl (C=O) groups is 1. The van der Waals surface area contributed by atoms with Crippen LogP contribution in [0.25, 0.3) is 0 Å². The van der Waals surface area contributed by atoms with E-state index in [1.165, 1.54) is 12.8 Å². The third-order valence-electron chi connectivity index (χ3n) is 2.97. The molecule has 3 nitrogen and oxygen atoms in total. The zero-order chi connectivity index (χ0) is 11.3. The second kappa shape index (κ2) is 6.11. The zero-order valence-corrected chi connectivity index (χ0v) is 10.2. The summed E-state index contributed by atoms with van der Waals surface area (Å²) in [6.45, 7) is 7.90. The average molecular weight is 212 g/mol. The zero-order valence-electron chi connectivity index (χ0n) is 10.2. The van der Waals surface area contributed by atoms with Crippen LogP contribution in [-0.4, -0.2) is 25.0 Å². The van der Waals surface area contributed by atoms with Crippen LogP contribution in [0.3, 0.4) is 0 Å². The van der Waals surface area contributed by atoms with Crippen molar-refractivity contribution in [3.05, 3.63) is 0 Å². The molecule has 15 heavy (non-hydrogen) atoms. The van der Waals surface area contributed by atoms with Gasteiger partial charge in [0, 0.05) is 18.5 Å². The van der Waals surface area contributed by atoms with Gasteiger partial charge in [-0.3, -0.25) is 4.79 Å². The quantitative estimate of drug-likeness (QED) is 0.628. The van der Waals surface area contributed by atoms with Crippen molar-refractivity contribution in [1.29, 1.82) is 0 Å². The van der Waals surface area contributed by atoms with E-state index >= 15 is 0 Å². The fourth-order valence-electron chi connectivity index (χ4n) is 1.60. The van der Waals surface area contributed by atoms with E-state index in [1.54, 1.807) is 0 Å². The molecule has 1 amide bonds. The molecule has 0 radical (unpaired) electrons. The van der Waals surface area contributed by atoms with Gasteiger partial charge in [-0.05, 0) is 38.6 Å². The number of hydrogen-bond acceptors (Lipinski definition) is 2. The highest BCUT2D eigenvalue weighted by atomic mass is 16.1. The molecule has 1 fully saturated rings. The van der Waals surface area contributed by atoms with Gasteiger partial charge in [0.1, 0.15) is 0 Å². The van der Waals surface area contributed by atoms with E-state index < -0.39 is 0 Å². The fourth-order valence-corrected chi connectivity index (χ4v) is 1.60. The molecular weight excluding hydrogens is 188 g/mol. The smallest absolute Gasteiger partial charge is 0.222 e. The summed E-state index contributed by atoms with van der Waals surface area (Å²) in [7, 11) is 0. The Bertz CT molecular complexity index is 200. The second-order valence-corrected chi connectivity index (χ2v) is 4.88. The van der Waals surface area contributed by atoms with Gasteiger partial charge < -0.3 is 10.6 Å². The summed E-state index contributed by atoms with van der Waals surface area (Å²) in [4.78, 5) is 11.2. The molecule has 0 saturated heterocycles. The molecule has 1 aliphatic carbocycles. The van der Waals surface area contributed by atoms with Gasteiger partial charge in [-0.15, -0.1) is 0 Å². The highest BCUT2D eigenvalue weighted by Crippen LogP contribution is 2.32. The van der Waals surface area contributed by atoms with E-state index in [2.05, 4.69) is 17.6 Å². The molecule has 1 aliphatic rings. The maximum atomic E-state index is 11.2. The molecule has 88 valence electrons. The highest BCUT2D eigenvalue weighted by Gasteiger charge is 2.26. The molecule has 2 N–H and O–H groups in total. The largest absolute Gasteiger partial charge is 0.356 e. The van der Waals surface area contributed by atoms with Crippen molar-refractivity contribution < 1.29 is 4.79 Å². The van der Waals surface area contributed by atoms with Gasteiger partial charge in [0.25, 0.3) is 0 Å². The minimum absolute atomic E-state index is 0.100. The summed E-state index contributed by atoms with van der Waals surface area (Å²) >= 11 is 0. The molecule has 1 atom stereocenters. The first kappa shape index (κ1) is 12.5. The summed E-state index contributed by atoms with van der Waals surface area (Å²) in [5.74, 6) is 1.17. The van der Waals surface area contributed by atoms with Crippen molar-refractivity contribution in [2.24, 2.45) is 11.8 Å². The van der Waals surface area contributed by atoms with Crippen molar-refractivity contribution in [2.75, 3.05) is 13.1 Å². The Hall–Kier alpha value is -0.570. The number of carbonyl (C=O) groups excluding carboxylic acids is 1. The molecule has 0 bridgehead atoms. The number of nitrogens with one attached hydrogen (secondary N) is 2. The van der Waals surface area contributed by atoms with Crippen molar-refractivity contribution in [3.8, 4) is 0 Å². The van der Waals surface area contributed by atoms with Crippen LogP contribution in [0.1, 0.15) is 40.0 Å². The van der Waals surface area contributed by atoms with Gasteiger partial charge in [0.05, 0.1) is 0 Å². The summed E-state index contributed by atoms with van der Waals surface area (Å²) in [5.41, 5.74) is 0. The Labute approximate surface area is 93.0 Å². The van der Waals surface area contributed by atoms with Gasteiger partial charge >= 0.3 is 0 Å². The van der Waals surface area contributed by atoms with Gasteiger partial charge in [0.15, 0.2) is 0 Å². The molecule has 1 rings (SSSR count). The molecular formula is C12H24N2O. The van der Waals surface area contributed by atoms with Gasteiger partial charge in [-0.25, -0.2) is 0 Å². The predicted octanol–water partition coefficient (Wildman–Crippen LogP) is 1.54. The maximum Gasteiger partial charge on any atom is 0.222 e. The lowest BCUT2D eigenvalue weighted by Gasteiger charge is -2.13. The number of rotatable bonds is 7. The van der Waals surface area contributed by atoms with E-state index in [9.17, 15) is 4.79 Å². The minimum Gasteiger partial charge on any atom is -0.356 e. The lowest BCUT2D eigenvalue weighted by molar-refractivity contribution is -0.123. The van der Waals surface area contributed by atoms with Crippen LogP contribution >= 0.6 is 0 Å². The highest BCUT2D eigenvalue weighted by molar-refractivity contribution is 5.77. The molecule has 0 aliphatic heterocycles. The second-order valence-electron chi connectivity index (χ2n) is 4.88. The average Bonchev–Trinajstić information content (AvgIpc) is 2.99. The van der Waals surface area contributed by atoms with Gasteiger partial charge in [0.2, 0.25) is 5.91 Å². The van der Waals surface area contributed by atoms with Crippen LogP contribution in [0, 0.1) is 11.8 Å². The first-order valence-corrected chi connectivity index (χ1v) is 6.12. The summed E-state index contributed by atoms with van der Waals surface area (Å²) in [6.07, 6.45) is 3.80. The van der Waals surface area contributed by atoms with E-state index in [4.69, 9.17) is 0 Å². The maximum absolute atomic E-state index is 11.2. The molecule has 0 aromatic rings. The molecule has 0 spiro atoms. The topological polar surface area (TPSA) is 41.1 Å². The molecule has 3 heteroatoms. The summed E-state index contributed by atoms with van der Waals surface area (Å²) in [6, 6.07) is 0.658. The first-order chi connectivity index (χ1) is 7.11.